The molecule has 0 saturated carbocycles. The molecule has 0 fully saturated rings. The van der Waals surface area contributed by atoms with E-state index in [4.69, 9.17) is 15.0 Å². The van der Waals surface area contributed by atoms with Crippen molar-refractivity contribution in [3.05, 3.63) is 158 Å². The molecule has 0 atom stereocenters. The van der Waals surface area contributed by atoms with E-state index in [1.54, 1.807) is 11.3 Å². The molecule has 0 aliphatic rings. The van der Waals surface area contributed by atoms with E-state index in [1.165, 1.54) is 45.9 Å². The Morgan fingerprint density at radius 2 is 0.941 bits per heavy atom. The van der Waals surface area contributed by atoms with Crippen LogP contribution < -0.4 is 0 Å². The van der Waals surface area contributed by atoms with Gasteiger partial charge in [-0.2, -0.15) is 9.97 Å². The largest absolute Gasteiger partial charge is 0.278 e. The number of nitrogens with zero attached hydrogens (tertiary/aromatic N) is 4. The van der Waals surface area contributed by atoms with Gasteiger partial charge in [-0.3, -0.25) is 4.57 Å². The lowest BCUT2D eigenvalue weighted by Crippen LogP contribution is -2.06. The number of fused-ring (bicyclic) bond motifs is 9. The second kappa shape index (κ2) is 11.2. The highest BCUT2D eigenvalue weighted by Gasteiger charge is 2.20. The Balaban J connectivity index is 1.20. The van der Waals surface area contributed by atoms with E-state index < -0.39 is 0 Å². The Hall–Kier alpha value is -6.21. The van der Waals surface area contributed by atoms with Crippen LogP contribution in [0.25, 0.3) is 102 Å². The number of benzene rings is 7. The van der Waals surface area contributed by atoms with E-state index in [-0.39, 0.29) is 0 Å². The molecule has 11 aromatic rings. The Labute approximate surface area is 300 Å². The Morgan fingerprint density at radius 3 is 1.69 bits per heavy atom. The summed E-state index contributed by atoms with van der Waals surface area (Å²) in [6.45, 7) is 0. The van der Waals surface area contributed by atoms with Crippen LogP contribution in [-0.2, 0) is 0 Å². The smallest absolute Gasteiger partial charge is 0.238 e. The van der Waals surface area contributed by atoms with Crippen molar-refractivity contribution in [2.45, 2.75) is 0 Å². The number of hydrogen-bond donors (Lipinski definition) is 0. The Bertz CT molecular complexity index is 3150. The maximum Gasteiger partial charge on any atom is 0.238 e. The molecular formula is C45H26N4S2. The first-order valence-corrected chi connectivity index (χ1v) is 18.6. The molecule has 4 aromatic heterocycles. The predicted octanol–water partition coefficient (Wildman–Crippen LogP) is 12.7. The second-order valence-corrected chi connectivity index (χ2v) is 14.9. The fraction of sp³-hybridized carbons (Fsp3) is 0. The number of thiophene rings is 2. The first-order chi connectivity index (χ1) is 25.3. The molecule has 7 aromatic carbocycles. The lowest BCUT2D eigenvalue weighted by molar-refractivity contribution is 0.954. The highest BCUT2D eigenvalue weighted by molar-refractivity contribution is 7.26. The number of para-hydroxylation sites is 1. The molecule has 4 nitrogen and oxygen atoms in total. The monoisotopic (exact) mass is 686 g/mol. The SMILES string of the molecule is c1ccc(-c2nc(-c3cccc4c3sc3ccccc34)nc(-n3c4ccccc4c4ccc(-c5cccc6c5sc5ccccc56)cc43)n2)cc1. The molecule has 0 aliphatic carbocycles. The molecule has 0 unspecified atom stereocenters. The van der Waals surface area contributed by atoms with Crippen LogP contribution in [-0.4, -0.2) is 19.5 Å². The maximum atomic E-state index is 5.32. The highest BCUT2D eigenvalue weighted by Crippen LogP contribution is 2.43. The average Bonchev–Trinajstić information content (AvgIpc) is 3.87. The van der Waals surface area contributed by atoms with Gasteiger partial charge < -0.3 is 0 Å². The second-order valence-electron chi connectivity index (χ2n) is 12.8. The maximum absolute atomic E-state index is 5.32. The normalized spacial score (nSPS) is 11.9. The summed E-state index contributed by atoms with van der Waals surface area (Å²) in [5, 5.41) is 7.38. The van der Waals surface area contributed by atoms with Crippen molar-refractivity contribution in [3.63, 3.8) is 0 Å². The van der Waals surface area contributed by atoms with Crippen LogP contribution in [0.1, 0.15) is 0 Å². The van der Waals surface area contributed by atoms with Gasteiger partial charge in [0.05, 0.1) is 11.0 Å². The fourth-order valence-electron chi connectivity index (χ4n) is 7.55. The molecule has 4 heterocycles. The van der Waals surface area contributed by atoms with E-state index in [0.717, 1.165) is 38.5 Å². The van der Waals surface area contributed by atoms with Crippen molar-refractivity contribution < 1.29 is 0 Å². The number of hydrogen-bond acceptors (Lipinski definition) is 5. The van der Waals surface area contributed by atoms with Gasteiger partial charge in [-0.05, 0) is 41.5 Å². The molecule has 0 spiro atoms. The third-order valence-corrected chi connectivity index (χ3v) is 12.3. The van der Waals surface area contributed by atoms with E-state index >= 15 is 0 Å². The Kier molecular flexibility index (Phi) is 6.26. The first kappa shape index (κ1) is 28.6. The van der Waals surface area contributed by atoms with E-state index in [0.29, 0.717) is 17.6 Å². The molecule has 0 radical (unpaired) electrons. The van der Waals surface area contributed by atoms with Crippen LogP contribution in [0.5, 0.6) is 0 Å². The van der Waals surface area contributed by atoms with Crippen molar-refractivity contribution in [3.8, 4) is 39.9 Å². The van der Waals surface area contributed by atoms with Crippen molar-refractivity contribution in [1.82, 2.24) is 19.5 Å². The van der Waals surface area contributed by atoms with Gasteiger partial charge in [0.25, 0.3) is 0 Å². The molecule has 238 valence electrons. The molecule has 0 saturated heterocycles. The minimum absolute atomic E-state index is 0.598. The van der Waals surface area contributed by atoms with E-state index in [2.05, 4.69) is 144 Å². The van der Waals surface area contributed by atoms with Crippen molar-refractivity contribution in [1.29, 1.82) is 0 Å². The highest BCUT2D eigenvalue weighted by atomic mass is 32.1. The molecule has 0 bridgehead atoms. The summed E-state index contributed by atoms with van der Waals surface area (Å²) in [6.07, 6.45) is 0. The zero-order valence-electron chi connectivity index (χ0n) is 27.1. The molecule has 51 heavy (non-hydrogen) atoms. The minimum Gasteiger partial charge on any atom is -0.278 e. The standard InChI is InChI=1S/C45H26N4S2/c1-2-12-27(13-3-1)43-46-44(36-20-11-19-35-33-16-6-9-23-40(33)51-42(35)36)48-45(47-43)49-37-21-7-4-14-30(37)31-25-24-28(26-38(31)49)29-17-10-18-34-32-15-5-8-22-39(32)50-41(29)34/h1-26H. The van der Waals surface area contributed by atoms with E-state index in [1.807, 2.05) is 29.5 Å². The summed E-state index contributed by atoms with van der Waals surface area (Å²) >= 11 is 3.65. The lowest BCUT2D eigenvalue weighted by Gasteiger charge is -2.12. The lowest BCUT2D eigenvalue weighted by atomic mass is 10.0. The van der Waals surface area contributed by atoms with Crippen LogP contribution >= 0.6 is 22.7 Å². The Morgan fingerprint density at radius 1 is 0.373 bits per heavy atom. The van der Waals surface area contributed by atoms with Crippen LogP contribution in [0, 0.1) is 0 Å². The number of rotatable bonds is 4. The summed E-state index contributed by atoms with van der Waals surface area (Å²) in [7, 11) is 0. The molecule has 0 aliphatic heterocycles. The zero-order valence-corrected chi connectivity index (χ0v) is 28.7. The predicted molar refractivity (Wildman–Crippen MR) is 216 cm³/mol. The molecular weight excluding hydrogens is 661 g/mol. The van der Waals surface area contributed by atoms with Crippen molar-refractivity contribution in [2.75, 3.05) is 0 Å². The van der Waals surface area contributed by atoms with Crippen LogP contribution in [0.3, 0.4) is 0 Å². The summed E-state index contributed by atoms with van der Waals surface area (Å²) < 4.78 is 7.25. The summed E-state index contributed by atoms with van der Waals surface area (Å²) in [5.41, 5.74) is 6.46. The van der Waals surface area contributed by atoms with Crippen LogP contribution in [0.4, 0.5) is 0 Å². The average molecular weight is 687 g/mol. The van der Waals surface area contributed by atoms with Gasteiger partial charge in [-0.1, -0.05) is 127 Å². The topological polar surface area (TPSA) is 43.6 Å². The van der Waals surface area contributed by atoms with Crippen molar-refractivity contribution >= 4 is 84.8 Å². The van der Waals surface area contributed by atoms with Crippen LogP contribution in [0.2, 0.25) is 0 Å². The van der Waals surface area contributed by atoms with Gasteiger partial charge in [-0.25, -0.2) is 4.98 Å². The molecule has 0 amide bonds. The van der Waals surface area contributed by atoms with E-state index in [9.17, 15) is 0 Å². The van der Waals surface area contributed by atoms with Gasteiger partial charge in [0.1, 0.15) is 0 Å². The summed E-state index contributed by atoms with van der Waals surface area (Å²) in [6, 6.07) is 56.0. The summed E-state index contributed by atoms with van der Waals surface area (Å²) in [4.78, 5) is 15.7. The number of aromatic nitrogens is 4. The van der Waals surface area contributed by atoms with Crippen LogP contribution in [0.15, 0.2) is 158 Å². The molecule has 0 N–H and O–H groups in total. The van der Waals surface area contributed by atoms with Gasteiger partial charge >= 0.3 is 0 Å². The zero-order chi connectivity index (χ0) is 33.5. The van der Waals surface area contributed by atoms with Crippen molar-refractivity contribution in [2.24, 2.45) is 0 Å². The van der Waals surface area contributed by atoms with Gasteiger partial charge in [-0.15, -0.1) is 22.7 Å². The molecule has 11 rings (SSSR count). The quantitative estimate of drug-likeness (QED) is 0.185. The third kappa shape index (κ3) is 4.40. The minimum atomic E-state index is 0.598. The fourth-order valence-corrected chi connectivity index (χ4v) is 10.0. The van der Waals surface area contributed by atoms with Gasteiger partial charge in [0, 0.05) is 62.2 Å². The third-order valence-electron chi connectivity index (χ3n) is 9.89. The molecule has 6 heteroatoms. The summed E-state index contributed by atoms with van der Waals surface area (Å²) in [5.74, 6) is 1.90. The van der Waals surface area contributed by atoms with Gasteiger partial charge in [0.15, 0.2) is 11.6 Å². The van der Waals surface area contributed by atoms with Gasteiger partial charge in [0.2, 0.25) is 5.95 Å². The first-order valence-electron chi connectivity index (χ1n) is 16.9.